The molecule has 0 aliphatic carbocycles. The van der Waals surface area contributed by atoms with Gasteiger partial charge in [-0.05, 0) is 56.6 Å². The fourth-order valence-electron chi connectivity index (χ4n) is 4.62. The minimum atomic E-state index is -0.453. The highest BCUT2D eigenvalue weighted by atomic mass is 16.5. The number of esters is 1. The maximum Gasteiger partial charge on any atom is 0.347 e. The van der Waals surface area contributed by atoms with Crippen molar-refractivity contribution in [2.24, 2.45) is 0 Å². The zero-order chi connectivity index (χ0) is 23.2. The Bertz CT molecular complexity index is 1080. The first kappa shape index (κ1) is 22.9. The summed E-state index contributed by atoms with van der Waals surface area (Å²) in [6, 6.07) is 21.3. The van der Waals surface area contributed by atoms with E-state index >= 15 is 0 Å². The van der Waals surface area contributed by atoms with Crippen molar-refractivity contribution in [1.29, 1.82) is 0 Å². The van der Waals surface area contributed by atoms with E-state index in [4.69, 9.17) is 14.2 Å². The van der Waals surface area contributed by atoms with Gasteiger partial charge < -0.3 is 14.2 Å². The largest absolute Gasteiger partial charge is 0.496 e. The molecule has 5 heteroatoms. The predicted molar refractivity (Wildman–Crippen MR) is 129 cm³/mol. The van der Waals surface area contributed by atoms with Crippen LogP contribution in [0.5, 0.6) is 17.2 Å². The molecule has 5 nitrogen and oxygen atoms in total. The molecular formula is C28H31NO4. The van der Waals surface area contributed by atoms with Crippen molar-refractivity contribution in [1.82, 2.24) is 4.90 Å². The van der Waals surface area contributed by atoms with E-state index in [0.29, 0.717) is 23.7 Å². The molecule has 0 radical (unpaired) electrons. The highest BCUT2D eigenvalue weighted by Gasteiger charge is 2.32. The first-order valence-corrected chi connectivity index (χ1v) is 11.5. The van der Waals surface area contributed by atoms with Gasteiger partial charge in [-0.15, -0.1) is 0 Å². The van der Waals surface area contributed by atoms with Crippen molar-refractivity contribution in [2.75, 3.05) is 20.2 Å². The topological polar surface area (TPSA) is 48.0 Å². The number of likely N-dealkylation sites (tertiary alicyclic amines) is 1. The van der Waals surface area contributed by atoms with Crippen molar-refractivity contribution in [3.63, 3.8) is 0 Å². The highest BCUT2D eigenvalue weighted by Crippen LogP contribution is 2.43. The summed E-state index contributed by atoms with van der Waals surface area (Å²) in [5.74, 6) is 1.29. The van der Waals surface area contributed by atoms with Crippen molar-refractivity contribution in [3.05, 3.63) is 89.0 Å². The lowest BCUT2D eigenvalue weighted by Crippen LogP contribution is -2.24. The third-order valence-electron chi connectivity index (χ3n) is 6.24. The van der Waals surface area contributed by atoms with Gasteiger partial charge in [0.25, 0.3) is 0 Å². The van der Waals surface area contributed by atoms with Crippen LogP contribution in [0.2, 0.25) is 0 Å². The van der Waals surface area contributed by atoms with Crippen molar-refractivity contribution < 1.29 is 19.0 Å². The van der Waals surface area contributed by atoms with Crippen LogP contribution >= 0.6 is 0 Å². The first-order chi connectivity index (χ1) is 16.1. The van der Waals surface area contributed by atoms with Crippen molar-refractivity contribution in [3.8, 4) is 17.2 Å². The Hall–Kier alpha value is -3.31. The zero-order valence-corrected chi connectivity index (χ0v) is 19.5. The number of rotatable bonds is 8. The van der Waals surface area contributed by atoms with Crippen LogP contribution in [0.4, 0.5) is 0 Å². The van der Waals surface area contributed by atoms with Crippen LogP contribution in [0.25, 0.3) is 0 Å². The van der Waals surface area contributed by atoms with E-state index < -0.39 is 5.97 Å². The molecule has 0 aromatic heterocycles. The Morgan fingerprint density at radius 2 is 1.76 bits per heavy atom. The molecule has 0 amide bonds. The van der Waals surface area contributed by atoms with Gasteiger partial charge in [-0.1, -0.05) is 55.5 Å². The van der Waals surface area contributed by atoms with E-state index in [0.717, 1.165) is 48.4 Å². The second-order valence-electron chi connectivity index (χ2n) is 8.26. The summed E-state index contributed by atoms with van der Waals surface area (Å²) in [5, 5.41) is 0. The van der Waals surface area contributed by atoms with Gasteiger partial charge in [-0.3, -0.25) is 4.90 Å². The van der Waals surface area contributed by atoms with Gasteiger partial charge in [0.1, 0.15) is 29.4 Å². The highest BCUT2D eigenvalue weighted by molar-refractivity contribution is 5.96. The van der Waals surface area contributed by atoms with Crippen LogP contribution in [0.15, 0.2) is 66.7 Å². The van der Waals surface area contributed by atoms with E-state index in [1.54, 1.807) is 19.2 Å². The van der Waals surface area contributed by atoms with E-state index in [1.807, 2.05) is 61.5 Å². The van der Waals surface area contributed by atoms with Gasteiger partial charge in [0.05, 0.1) is 7.11 Å². The van der Waals surface area contributed by atoms with Gasteiger partial charge in [0, 0.05) is 17.2 Å². The average Bonchev–Trinajstić information content (AvgIpc) is 3.32. The number of ether oxygens (including phenoxy) is 3. The van der Waals surface area contributed by atoms with Gasteiger partial charge in [-0.25, -0.2) is 4.79 Å². The summed E-state index contributed by atoms with van der Waals surface area (Å²) >= 11 is 0. The van der Waals surface area contributed by atoms with Crippen LogP contribution in [-0.2, 0) is 6.61 Å². The van der Waals surface area contributed by atoms with Crippen molar-refractivity contribution in [2.45, 2.75) is 39.3 Å². The maximum absolute atomic E-state index is 13.3. The van der Waals surface area contributed by atoms with E-state index in [9.17, 15) is 4.79 Å². The Balaban J connectivity index is 1.76. The number of benzene rings is 3. The normalized spacial score (nSPS) is 15.9. The molecule has 3 aromatic rings. The van der Waals surface area contributed by atoms with Gasteiger partial charge in [0.15, 0.2) is 0 Å². The van der Waals surface area contributed by atoms with Gasteiger partial charge >= 0.3 is 5.97 Å². The summed E-state index contributed by atoms with van der Waals surface area (Å²) in [4.78, 5) is 15.8. The third-order valence-corrected chi connectivity index (χ3v) is 6.24. The number of nitrogens with zero attached hydrogens (tertiary/aromatic N) is 1. The number of carbonyl (C=O) groups is 1. The predicted octanol–water partition coefficient (Wildman–Crippen LogP) is 5.96. The smallest absolute Gasteiger partial charge is 0.347 e. The average molecular weight is 446 g/mol. The Morgan fingerprint density at radius 1 is 1.06 bits per heavy atom. The Labute approximate surface area is 195 Å². The summed E-state index contributed by atoms with van der Waals surface area (Å²) in [6.45, 7) is 6.46. The minimum Gasteiger partial charge on any atom is -0.496 e. The molecule has 1 heterocycles. The van der Waals surface area contributed by atoms with Crippen LogP contribution in [-0.4, -0.2) is 31.1 Å². The third kappa shape index (κ3) is 5.04. The molecule has 3 aromatic carbocycles. The lowest BCUT2D eigenvalue weighted by Gasteiger charge is -2.27. The number of hydrogen-bond acceptors (Lipinski definition) is 5. The molecule has 0 spiro atoms. The number of methoxy groups -OCH3 is 1. The molecule has 1 saturated heterocycles. The van der Waals surface area contributed by atoms with Crippen LogP contribution in [0, 0.1) is 6.92 Å². The van der Waals surface area contributed by atoms with E-state index in [-0.39, 0.29) is 6.04 Å². The molecule has 33 heavy (non-hydrogen) atoms. The number of para-hydroxylation sites is 1. The summed E-state index contributed by atoms with van der Waals surface area (Å²) in [5.41, 5.74) is 3.23. The molecule has 1 aliphatic rings. The zero-order valence-electron chi connectivity index (χ0n) is 19.5. The Kier molecular flexibility index (Phi) is 7.30. The second kappa shape index (κ2) is 10.5. The van der Waals surface area contributed by atoms with Crippen LogP contribution in [0.1, 0.15) is 52.9 Å². The molecule has 0 saturated carbocycles. The fraction of sp³-hybridized carbons (Fsp3) is 0.321. The lowest BCUT2D eigenvalue weighted by atomic mass is 9.95. The molecule has 1 fully saturated rings. The van der Waals surface area contributed by atoms with Gasteiger partial charge in [0.2, 0.25) is 0 Å². The monoisotopic (exact) mass is 445 g/mol. The second-order valence-corrected chi connectivity index (χ2v) is 8.26. The van der Waals surface area contributed by atoms with Crippen molar-refractivity contribution >= 4 is 5.97 Å². The van der Waals surface area contributed by atoms with Crippen LogP contribution in [0.3, 0.4) is 0 Å². The number of carbonyl (C=O) groups excluding carboxylic acids is 1. The van der Waals surface area contributed by atoms with E-state index in [2.05, 4.69) is 11.8 Å². The quantitative estimate of drug-likeness (QED) is 0.316. The summed E-state index contributed by atoms with van der Waals surface area (Å²) in [7, 11) is 1.66. The van der Waals surface area contributed by atoms with Crippen LogP contribution < -0.4 is 14.2 Å². The molecule has 0 N–H and O–H groups in total. The summed E-state index contributed by atoms with van der Waals surface area (Å²) in [6.07, 6.45) is 2.19. The molecule has 1 unspecified atom stereocenters. The lowest BCUT2D eigenvalue weighted by molar-refractivity contribution is 0.0728. The Morgan fingerprint density at radius 3 is 2.42 bits per heavy atom. The molecular weight excluding hydrogens is 414 g/mol. The molecule has 172 valence electrons. The maximum atomic E-state index is 13.3. The number of hydrogen-bond donors (Lipinski definition) is 0. The molecule has 0 bridgehead atoms. The molecule has 1 atom stereocenters. The van der Waals surface area contributed by atoms with E-state index in [1.165, 1.54) is 0 Å². The summed E-state index contributed by atoms with van der Waals surface area (Å²) < 4.78 is 17.8. The SMILES string of the molecule is CCN1CCCC1c1cc(OCc2ccccc2)c(C(=O)Oc2ccccc2)c(C)c1OC. The minimum absolute atomic E-state index is 0.238. The molecule has 1 aliphatic heterocycles. The van der Waals surface area contributed by atoms with Gasteiger partial charge in [-0.2, -0.15) is 0 Å². The standard InChI is InChI=1S/C28H31NO4/c1-4-29-17-11-16-24(29)23-18-25(32-19-21-12-7-5-8-13-21)26(20(2)27(23)31-3)28(30)33-22-14-9-6-10-15-22/h5-10,12-15,18,24H,4,11,16-17,19H2,1-3H3. The first-order valence-electron chi connectivity index (χ1n) is 11.5. The molecule has 4 rings (SSSR count). The fourth-order valence-corrected chi connectivity index (χ4v) is 4.62.